The molecule has 2 heterocycles. The summed E-state index contributed by atoms with van der Waals surface area (Å²) >= 11 is 0. The summed E-state index contributed by atoms with van der Waals surface area (Å²) in [5.41, 5.74) is 0.548. The monoisotopic (exact) mass is 432 g/mol. The lowest BCUT2D eigenvalue weighted by Gasteiger charge is -2.28. The highest BCUT2D eigenvalue weighted by Crippen LogP contribution is 2.20. The van der Waals surface area contributed by atoms with Gasteiger partial charge in [0.15, 0.2) is 0 Å². The number of carbonyl (C=O) groups excluding carboxylic acids is 3. The Kier molecular flexibility index (Phi) is 11.0. The van der Waals surface area contributed by atoms with Crippen LogP contribution in [0.1, 0.15) is 76.4 Å². The minimum absolute atomic E-state index is 0.0768. The second kappa shape index (κ2) is 13.7. The summed E-state index contributed by atoms with van der Waals surface area (Å²) in [4.78, 5) is 42.7. The lowest BCUT2D eigenvalue weighted by Crippen LogP contribution is -2.51. The first kappa shape index (κ1) is 24.8. The summed E-state index contributed by atoms with van der Waals surface area (Å²) in [7, 11) is 0. The van der Waals surface area contributed by atoms with Crippen molar-refractivity contribution in [3.8, 4) is 0 Å². The van der Waals surface area contributed by atoms with Gasteiger partial charge >= 0.3 is 0 Å². The van der Waals surface area contributed by atoms with Crippen LogP contribution >= 0.6 is 0 Å². The molecule has 1 aromatic heterocycles. The van der Waals surface area contributed by atoms with Gasteiger partial charge in [-0.2, -0.15) is 0 Å². The summed E-state index contributed by atoms with van der Waals surface area (Å²) in [6.45, 7) is 3.97. The molecule has 1 fully saturated rings. The Morgan fingerprint density at radius 2 is 1.71 bits per heavy atom. The Balaban J connectivity index is 1.79. The molecular weight excluding hydrogens is 396 g/mol. The molecule has 31 heavy (non-hydrogen) atoms. The zero-order chi connectivity index (χ0) is 22.5. The summed E-state index contributed by atoms with van der Waals surface area (Å²) in [5.74, 6) is -0.421. The third kappa shape index (κ3) is 8.65. The van der Waals surface area contributed by atoms with Crippen LogP contribution in [0.2, 0.25) is 0 Å². The molecule has 1 aliphatic rings. The largest absolute Gasteiger partial charge is 0.386 e. The molecule has 1 aromatic rings. The van der Waals surface area contributed by atoms with Crippen LogP contribution in [0.3, 0.4) is 0 Å². The van der Waals surface area contributed by atoms with E-state index < -0.39 is 12.1 Å². The van der Waals surface area contributed by atoms with E-state index in [0.29, 0.717) is 38.0 Å². The van der Waals surface area contributed by atoms with E-state index in [0.717, 1.165) is 38.5 Å². The fourth-order valence-electron chi connectivity index (χ4n) is 3.65. The van der Waals surface area contributed by atoms with Crippen molar-refractivity contribution in [3.63, 3.8) is 0 Å². The molecule has 0 bridgehead atoms. The second-order valence-corrected chi connectivity index (χ2v) is 8.07. The fourth-order valence-corrected chi connectivity index (χ4v) is 3.65. The lowest BCUT2D eigenvalue weighted by atomic mass is 10.0. The molecule has 0 saturated carbocycles. The molecule has 0 radical (unpaired) electrons. The number of aliphatic hydroxyl groups is 1. The Morgan fingerprint density at radius 1 is 1.03 bits per heavy atom. The molecule has 8 heteroatoms. The average molecular weight is 433 g/mol. The molecule has 0 aromatic carbocycles. The van der Waals surface area contributed by atoms with Crippen LogP contribution < -0.4 is 10.6 Å². The smallest absolute Gasteiger partial charge is 0.248 e. The molecule has 3 N–H and O–H groups in total. The number of unbranched alkanes of at least 4 members (excludes halogenated alkanes) is 3. The molecule has 0 spiro atoms. The molecule has 0 aliphatic carbocycles. The average Bonchev–Trinajstić information content (AvgIpc) is 3.33. The minimum atomic E-state index is -1.13. The first-order valence-electron chi connectivity index (χ1n) is 11.5. The van der Waals surface area contributed by atoms with Gasteiger partial charge in [-0.05, 0) is 49.8 Å². The van der Waals surface area contributed by atoms with Crippen LogP contribution in [-0.2, 0) is 14.4 Å². The topological polar surface area (TPSA) is 112 Å². The van der Waals surface area contributed by atoms with E-state index in [4.69, 9.17) is 0 Å². The molecule has 8 nitrogen and oxygen atoms in total. The van der Waals surface area contributed by atoms with Crippen LogP contribution in [-0.4, -0.2) is 58.4 Å². The summed E-state index contributed by atoms with van der Waals surface area (Å²) in [5, 5.41) is 16.4. The van der Waals surface area contributed by atoms with E-state index >= 15 is 0 Å². The Labute approximate surface area is 184 Å². The fraction of sp³-hybridized carbons (Fsp3) is 0.652. The molecule has 1 aliphatic heterocycles. The number of aromatic nitrogens is 1. The first-order valence-corrected chi connectivity index (χ1v) is 11.5. The van der Waals surface area contributed by atoms with Crippen molar-refractivity contribution >= 4 is 17.7 Å². The van der Waals surface area contributed by atoms with E-state index in [1.807, 2.05) is 0 Å². The third-order valence-corrected chi connectivity index (χ3v) is 5.52. The molecule has 2 rings (SSSR count). The van der Waals surface area contributed by atoms with E-state index in [9.17, 15) is 19.5 Å². The number of hydrogen-bond donors (Lipinski definition) is 3. The van der Waals surface area contributed by atoms with Crippen LogP contribution in [0.15, 0.2) is 24.5 Å². The van der Waals surface area contributed by atoms with Crippen molar-refractivity contribution in [2.24, 2.45) is 0 Å². The normalized spacial score (nSPS) is 15.4. The van der Waals surface area contributed by atoms with Gasteiger partial charge in [0.25, 0.3) is 0 Å². The van der Waals surface area contributed by atoms with Crippen molar-refractivity contribution < 1.29 is 19.5 Å². The SMILES string of the molecule is CCCCC(=O)NCCCCCC(=O)N[C@@H](C(=O)N1CCCC1)[C@@H](O)c1ccncc1. The molecule has 1 saturated heterocycles. The Bertz CT molecular complexity index is 692. The van der Waals surface area contributed by atoms with Crippen molar-refractivity contribution in [3.05, 3.63) is 30.1 Å². The van der Waals surface area contributed by atoms with E-state index in [1.54, 1.807) is 29.4 Å². The number of nitrogens with zero attached hydrogens (tertiary/aromatic N) is 2. The highest BCUT2D eigenvalue weighted by molar-refractivity contribution is 5.88. The number of likely N-dealkylation sites (tertiary alicyclic amines) is 1. The standard InChI is InChI=1S/C23H36N4O4/c1-2-3-9-19(28)25-13-6-4-5-10-20(29)26-21(23(31)27-16-7-8-17-27)22(30)18-11-14-24-15-12-18/h11-12,14-15,21-22,30H,2-10,13,16-17H2,1H3,(H,25,28)(H,26,29)/t21-,22+/m1/s1. The van der Waals surface area contributed by atoms with Gasteiger partial charge in [0.05, 0.1) is 0 Å². The summed E-state index contributed by atoms with van der Waals surface area (Å²) in [6, 6.07) is 2.29. The Morgan fingerprint density at radius 3 is 2.39 bits per heavy atom. The number of amides is 3. The maximum atomic E-state index is 12.9. The first-order chi connectivity index (χ1) is 15.0. The maximum absolute atomic E-state index is 12.9. The number of rotatable bonds is 13. The predicted octanol–water partition coefficient (Wildman–Crippen LogP) is 2.09. The number of hydrogen-bond acceptors (Lipinski definition) is 5. The van der Waals surface area contributed by atoms with Crippen molar-refractivity contribution in [2.75, 3.05) is 19.6 Å². The number of carbonyl (C=O) groups is 3. The Hall–Kier alpha value is -2.48. The minimum Gasteiger partial charge on any atom is -0.386 e. The van der Waals surface area contributed by atoms with Crippen LogP contribution in [0.4, 0.5) is 0 Å². The molecular formula is C23H36N4O4. The van der Waals surface area contributed by atoms with E-state index in [-0.39, 0.29) is 24.1 Å². The molecule has 172 valence electrons. The number of aliphatic hydroxyl groups excluding tert-OH is 1. The van der Waals surface area contributed by atoms with Crippen molar-refractivity contribution in [1.29, 1.82) is 0 Å². The molecule has 2 atom stereocenters. The van der Waals surface area contributed by atoms with Gasteiger partial charge in [-0.1, -0.05) is 19.8 Å². The van der Waals surface area contributed by atoms with Gasteiger partial charge < -0.3 is 20.6 Å². The van der Waals surface area contributed by atoms with E-state index in [2.05, 4.69) is 22.5 Å². The van der Waals surface area contributed by atoms with E-state index in [1.165, 1.54) is 0 Å². The van der Waals surface area contributed by atoms with Gasteiger partial charge in [0.1, 0.15) is 12.1 Å². The second-order valence-electron chi connectivity index (χ2n) is 8.07. The maximum Gasteiger partial charge on any atom is 0.248 e. The molecule has 3 amide bonds. The quantitative estimate of drug-likeness (QED) is 0.413. The van der Waals surface area contributed by atoms with Gasteiger partial charge in [0, 0.05) is 44.9 Å². The van der Waals surface area contributed by atoms with Gasteiger partial charge in [-0.3, -0.25) is 19.4 Å². The number of pyridine rings is 1. The highest BCUT2D eigenvalue weighted by atomic mass is 16.3. The van der Waals surface area contributed by atoms with Gasteiger partial charge in [-0.25, -0.2) is 0 Å². The van der Waals surface area contributed by atoms with Crippen molar-refractivity contribution in [1.82, 2.24) is 20.5 Å². The molecule has 0 unspecified atom stereocenters. The highest BCUT2D eigenvalue weighted by Gasteiger charge is 2.33. The summed E-state index contributed by atoms with van der Waals surface area (Å²) < 4.78 is 0. The van der Waals surface area contributed by atoms with Crippen LogP contribution in [0.25, 0.3) is 0 Å². The van der Waals surface area contributed by atoms with Crippen LogP contribution in [0, 0.1) is 0 Å². The number of nitrogens with one attached hydrogen (secondary N) is 2. The zero-order valence-electron chi connectivity index (χ0n) is 18.5. The van der Waals surface area contributed by atoms with Crippen molar-refractivity contribution in [2.45, 2.75) is 76.9 Å². The third-order valence-electron chi connectivity index (χ3n) is 5.52. The summed E-state index contributed by atoms with van der Waals surface area (Å²) in [6.07, 6.45) is 8.86. The lowest BCUT2D eigenvalue weighted by molar-refractivity contribution is -0.139. The predicted molar refractivity (Wildman–Crippen MR) is 118 cm³/mol. The zero-order valence-corrected chi connectivity index (χ0v) is 18.5. The van der Waals surface area contributed by atoms with Gasteiger partial charge in [0.2, 0.25) is 17.7 Å². The van der Waals surface area contributed by atoms with Crippen LogP contribution in [0.5, 0.6) is 0 Å². The van der Waals surface area contributed by atoms with Gasteiger partial charge in [-0.15, -0.1) is 0 Å².